The minimum Gasteiger partial charge on any atom is -0.476 e. The van der Waals surface area contributed by atoms with E-state index in [-0.39, 0.29) is 0 Å². The fourth-order valence-corrected chi connectivity index (χ4v) is 1.81. The van der Waals surface area contributed by atoms with Crippen molar-refractivity contribution in [2.45, 2.75) is 31.4 Å². The minimum absolute atomic E-state index is 0.666. The molecular weight excluding hydrogens is 419 g/mol. The number of carboxylic acids is 1. The van der Waals surface area contributed by atoms with Crippen LogP contribution in [0.15, 0.2) is 12.1 Å². The molecule has 0 aliphatic heterocycles. The fourth-order valence-electron chi connectivity index (χ4n) is 1.81. The number of carbonyl (C=O) groups is 3. The van der Waals surface area contributed by atoms with Crippen molar-refractivity contribution in [1.29, 1.82) is 0 Å². The molecule has 156 valence electrons. The SMILES string of the molecule is O=C(CCC(=O)C(=O)O)Oc1c(C(F)(F)F)cc(C(F)(F)F)cc1C(F)(F)F. The molecule has 5 nitrogen and oxygen atoms in total. The summed E-state index contributed by atoms with van der Waals surface area (Å²) in [5, 5.41) is 8.29. The molecule has 0 aliphatic rings. The fraction of sp³-hybridized carbons (Fsp3) is 0.357. The van der Waals surface area contributed by atoms with Crippen LogP contribution in [-0.4, -0.2) is 22.8 Å². The van der Waals surface area contributed by atoms with E-state index >= 15 is 0 Å². The summed E-state index contributed by atoms with van der Waals surface area (Å²) >= 11 is 0. The van der Waals surface area contributed by atoms with E-state index in [0.717, 1.165) is 0 Å². The first-order valence-electron chi connectivity index (χ1n) is 6.81. The van der Waals surface area contributed by atoms with E-state index in [4.69, 9.17) is 5.11 Å². The maximum atomic E-state index is 13.0. The lowest BCUT2D eigenvalue weighted by Crippen LogP contribution is -2.22. The first-order valence-corrected chi connectivity index (χ1v) is 6.81. The van der Waals surface area contributed by atoms with Crippen LogP contribution in [0.4, 0.5) is 39.5 Å². The van der Waals surface area contributed by atoms with Gasteiger partial charge in [0.2, 0.25) is 5.78 Å². The largest absolute Gasteiger partial charge is 0.476 e. The predicted octanol–water partition coefficient (Wildman–Crippen LogP) is 4.08. The normalized spacial score (nSPS) is 12.6. The molecule has 0 heterocycles. The monoisotopic (exact) mass is 426 g/mol. The van der Waals surface area contributed by atoms with Crippen molar-refractivity contribution in [3.8, 4) is 5.75 Å². The van der Waals surface area contributed by atoms with Crippen molar-refractivity contribution in [3.05, 3.63) is 28.8 Å². The second-order valence-electron chi connectivity index (χ2n) is 5.10. The Bertz CT molecular complexity index is 755. The molecule has 1 aromatic rings. The number of benzene rings is 1. The van der Waals surface area contributed by atoms with Crippen molar-refractivity contribution in [1.82, 2.24) is 0 Å². The number of rotatable bonds is 5. The lowest BCUT2D eigenvalue weighted by Gasteiger charge is -2.20. The average molecular weight is 426 g/mol. The van der Waals surface area contributed by atoms with Gasteiger partial charge in [-0.25, -0.2) is 4.79 Å². The standard InChI is InChI=1S/C14H7F9O5/c15-12(16,17)5-3-6(13(18,19)20)10(7(4-5)14(21,22)23)28-9(25)2-1-8(24)11(26)27/h3-4H,1-2H2,(H,26,27). The van der Waals surface area contributed by atoms with Gasteiger partial charge >= 0.3 is 30.5 Å². The van der Waals surface area contributed by atoms with Crippen molar-refractivity contribution in [2.24, 2.45) is 0 Å². The number of esters is 1. The van der Waals surface area contributed by atoms with Gasteiger partial charge in [0.1, 0.15) is 0 Å². The van der Waals surface area contributed by atoms with Crippen LogP contribution in [0.3, 0.4) is 0 Å². The van der Waals surface area contributed by atoms with Crippen LogP contribution in [0.2, 0.25) is 0 Å². The van der Waals surface area contributed by atoms with Crippen LogP contribution in [0.25, 0.3) is 0 Å². The zero-order chi connectivity index (χ0) is 22.1. The van der Waals surface area contributed by atoms with Crippen LogP contribution in [0.5, 0.6) is 5.75 Å². The highest BCUT2D eigenvalue weighted by Crippen LogP contribution is 2.47. The van der Waals surface area contributed by atoms with Gasteiger partial charge in [0.05, 0.1) is 23.1 Å². The maximum Gasteiger partial charge on any atom is 0.420 e. The second-order valence-corrected chi connectivity index (χ2v) is 5.10. The maximum absolute atomic E-state index is 13.0. The summed E-state index contributed by atoms with van der Waals surface area (Å²) in [6, 6.07) is -1.33. The lowest BCUT2D eigenvalue weighted by atomic mass is 10.0. The third-order valence-electron chi connectivity index (χ3n) is 3.04. The molecule has 0 aromatic heterocycles. The topological polar surface area (TPSA) is 80.7 Å². The number of ether oxygens (including phenoxy) is 1. The molecule has 14 heteroatoms. The van der Waals surface area contributed by atoms with Gasteiger partial charge in [0.15, 0.2) is 5.75 Å². The highest BCUT2D eigenvalue weighted by atomic mass is 19.4. The molecule has 0 fully saturated rings. The quantitative estimate of drug-likeness (QED) is 0.332. The number of halogens is 9. The zero-order valence-electron chi connectivity index (χ0n) is 13.1. The van der Waals surface area contributed by atoms with Crippen molar-refractivity contribution in [2.75, 3.05) is 0 Å². The number of Topliss-reactive ketones (excluding diaryl/α,β-unsaturated/α-hetero) is 1. The van der Waals surface area contributed by atoms with Gasteiger partial charge in [0.25, 0.3) is 0 Å². The van der Waals surface area contributed by atoms with Crippen LogP contribution in [0.1, 0.15) is 29.5 Å². The molecule has 28 heavy (non-hydrogen) atoms. The van der Waals surface area contributed by atoms with E-state index in [9.17, 15) is 53.9 Å². The number of carboxylic acid groups (broad SMARTS) is 1. The highest BCUT2D eigenvalue weighted by Gasteiger charge is 2.46. The molecule has 0 radical (unpaired) electrons. The summed E-state index contributed by atoms with van der Waals surface area (Å²) in [6.07, 6.45) is -19.4. The molecule has 1 N–H and O–H groups in total. The van der Waals surface area contributed by atoms with Crippen LogP contribution in [0, 0.1) is 0 Å². The molecule has 0 saturated carbocycles. The van der Waals surface area contributed by atoms with Crippen LogP contribution < -0.4 is 4.74 Å². The Morgan fingerprint density at radius 2 is 1.21 bits per heavy atom. The number of aliphatic carboxylic acids is 1. The first-order chi connectivity index (χ1) is 12.4. The van der Waals surface area contributed by atoms with Gasteiger partial charge in [0, 0.05) is 6.42 Å². The second kappa shape index (κ2) is 7.67. The van der Waals surface area contributed by atoms with Gasteiger partial charge in [-0.05, 0) is 12.1 Å². The number of carbonyl (C=O) groups excluding carboxylic acids is 2. The summed E-state index contributed by atoms with van der Waals surface area (Å²) < 4.78 is 120. The third kappa shape index (κ3) is 5.85. The molecule has 0 aliphatic carbocycles. The van der Waals surface area contributed by atoms with E-state index in [0.29, 0.717) is 0 Å². The molecule has 1 aromatic carbocycles. The molecule has 0 unspecified atom stereocenters. The molecule has 1 rings (SSSR count). The Kier molecular flexibility index (Phi) is 6.37. The van der Waals surface area contributed by atoms with E-state index in [2.05, 4.69) is 4.74 Å². The Morgan fingerprint density at radius 1 is 0.786 bits per heavy atom. The summed E-state index contributed by atoms with van der Waals surface area (Å²) in [5.41, 5.74) is -7.33. The van der Waals surface area contributed by atoms with Gasteiger partial charge in [-0.2, -0.15) is 39.5 Å². The molecule has 0 bridgehead atoms. The Hall–Kier alpha value is -2.80. The van der Waals surface area contributed by atoms with E-state index in [1.165, 1.54) is 0 Å². The van der Waals surface area contributed by atoms with Gasteiger partial charge in [-0.3, -0.25) is 9.59 Å². The molecular formula is C14H7F9O5. The summed E-state index contributed by atoms with van der Waals surface area (Å²) in [6.45, 7) is 0. The molecule has 0 amide bonds. The first kappa shape index (κ1) is 23.2. The minimum atomic E-state index is -5.77. The number of ketones is 1. The zero-order valence-corrected chi connectivity index (χ0v) is 13.1. The predicted molar refractivity (Wildman–Crippen MR) is 69.0 cm³/mol. The third-order valence-corrected chi connectivity index (χ3v) is 3.04. The Morgan fingerprint density at radius 3 is 1.54 bits per heavy atom. The summed E-state index contributed by atoms with van der Waals surface area (Å²) in [4.78, 5) is 32.5. The van der Waals surface area contributed by atoms with E-state index in [1.54, 1.807) is 0 Å². The van der Waals surface area contributed by atoms with Crippen molar-refractivity contribution < 1.29 is 63.7 Å². The Balaban J connectivity index is 3.48. The summed E-state index contributed by atoms with van der Waals surface area (Å²) in [5.74, 6) is -7.73. The van der Waals surface area contributed by atoms with Crippen molar-refractivity contribution >= 4 is 17.7 Å². The molecule has 0 saturated heterocycles. The van der Waals surface area contributed by atoms with Crippen molar-refractivity contribution in [3.63, 3.8) is 0 Å². The number of alkyl halides is 9. The van der Waals surface area contributed by atoms with E-state index < -0.39 is 83.7 Å². The highest BCUT2D eigenvalue weighted by molar-refractivity contribution is 6.32. The van der Waals surface area contributed by atoms with Crippen LogP contribution >= 0.6 is 0 Å². The molecule has 0 atom stereocenters. The van der Waals surface area contributed by atoms with Gasteiger partial charge < -0.3 is 9.84 Å². The van der Waals surface area contributed by atoms with Crippen LogP contribution in [-0.2, 0) is 32.9 Å². The number of hydrogen-bond donors (Lipinski definition) is 1. The van der Waals surface area contributed by atoms with Gasteiger partial charge in [-0.15, -0.1) is 0 Å². The smallest absolute Gasteiger partial charge is 0.420 e. The van der Waals surface area contributed by atoms with Gasteiger partial charge in [-0.1, -0.05) is 0 Å². The Labute approximate surface area is 148 Å². The summed E-state index contributed by atoms with van der Waals surface area (Å²) in [7, 11) is 0. The van der Waals surface area contributed by atoms with E-state index in [1.807, 2.05) is 0 Å². The lowest BCUT2D eigenvalue weighted by molar-refractivity contribution is -0.152. The number of hydrogen-bond acceptors (Lipinski definition) is 4. The average Bonchev–Trinajstić information content (AvgIpc) is 2.49. The molecule has 0 spiro atoms.